The van der Waals surface area contributed by atoms with E-state index in [1.54, 1.807) is 32.0 Å². The van der Waals surface area contributed by atoms with Crippen LogP contribution in [-0.4, -0.2) is 19.0 Å². The van der Waals surface area contributed by atoms with Gasteiger partial charge in [0.2, 0.25) is 0 Å². The van der Waals surface area contributed by atoms with Crippen LogP contribution >= 0.6 is 23.2 Å². The second kappa shape index (κ2) is 9.37. The van der Waals surface area contributed by atoms with Crippen LogP contribution in [0.15, 0.2) is 71.1 Å². The van der Waals surface area contributed by atoms with Gasteiger partial charge >= 0.3 is 11.9 Å². The summed E-state index contributed by atoms with van der Waals surface area (Å²) < 4.78 is 10.6. The molecule has 5 nitrogen and oxygen atoms in total. The standard InChI is InChI=1S/C23H21Cl2NO4/c1-13-19(22(27)29-3)21(17-10-9-16(24)11-18(17)25)20(14(2)26-13)23(28)30-12-15-7-5-4-6-8-15/h4-11,21,26H,12H2,1-3H3. The first-order valence-electron chi connectivity index (χ1n) is 9.26. The molecule has 0 radical (unpaired) electrons. The lowest BCUT2D eigenvalue weighted by Crippen LogP contribution is -2.32. The molecule has 2 aromatic carbocycles. The first-order chi connectivity index (χ1) is 14.3. The average Bonchev–Trinajstić information content (AvgIpc) is 2.72. The lowest BCUT2D eigenvalue weighted by molar-refractivity contribution is -0.140. The third-order valence-corrected chi connectivity index (χ3v) is 5.43. The van der Waals surface area contributed by atoms with Crippen LogP contribution in [0.4, 0.5) is 0 Å². The SMILES string of the molecule is COC(=O)C1=C(C)NC(C)=C(C(=O)OCc2ccccc2)C1c1ccc(Cl)cc1Cl. The monoisotopic (exact) mass is 445 g/mol. The van der Waals surface area contributed by atoms with Crippen molar-refractivity contribution in [2.24, 2.45) is 0 Å². The molecule has 3 rings (SSSR count). The third kappa shape index (κ3) is 4.53. The van der Waals surface area contributed by atoms with Gasteiger partial charge < -0.3 is 14.8 Å². The van der Waals surface area contributed by atoms with Crippen molar-refractivity contribution >= 4 is 35.1 Å². The highest BCUT2D eigenvalue weighted by atomic mass is 35.5. The summed E-state index contributed by atoms with van der Waals surface area (Å²) in [5, 5.41) is 3.88. The minimum Gasteiger partial charge on any atom is -0.466 e. The molecule has 1 unspecified atom stereocenters. The van der Waals surface area contributed by atoms with Crippen LogP contribution in [0.2, 0.25) is 10.0 Å². The molecule has 0 aromatic heterocycles. The Kier molecular flexibility index (Phi) is 6.85. The summed E-state index contributed by atoms with van der Waals surface area (Å²) in [4.78, 5) is 25.8. The van der Waals surface area contributed by atoms with Gasteiger partial charge in [-0.15, -0.1) is 0 Å². The summed E-state index contributed by atoms with van der Waals surface area (Å²) in [6.07, 6.45) is 0. The summed E-state index contributed by atoms with van der Waals surface area (Å²) >= 11 is 12.5. The number of nitrogens with one attached hydrogen (secondary N) is 1. The fourth-order valence-corrected chi connectivity index (χ4v) is 4.01. The smallest absolute Gasteiger partial charge is 0.337 e. The lowest BCUT2D eigenvalue weighted by Gasteiger charge is -2.30. The van der Waals surface area contributed by atoms with E-state index in [0.717, 1.165) is 5.56 Å². The van der Waals surface area contributed by atoms with Crippen molar-refractivity contribution in [2.45, 2.75) is 26.4 Å². The Hall–Kier alpha value is -2.76. The molecule has 2 aromatic rings. The molecule has 0 fully saturated rings. The summed E-state index contributed by atoms with van der Waals surface area (Å²) in [5.41, 5.74) is 3.16. The molecule has 1 aliphatic heterocycles. The first-order valence-corrected chi connectivity index (χ1v) is 10.0. The van der Waals surface area contributed by atoms with Crippen molar-refractivity contribution in [1.29, 1.82) is 0 Å². The summed E-state index contributed by atoms with van der Waals surface area (Å²) in [6.45, 7) is 3.61. The molecule has 1 heterocycles. The number of carbonyl (C=O) groups excluding carboxylic acids is 2. The van der Waals surface area contributed by atoms with Crippen molar-refractivity contribution < 1.29 is 19.1 Å². The largest absolute Gasteiger partial charge is 0.466 e. The van der Waals surface area contributed by atoms with Crippen molar-refractivity contribution in [1.82, 2.24) is 5.32 Å². The lowest BCUT2D eigenvalue weighted by atomic mass is 9.80. The number of ether oxygens (including phenoxy) is 2. The molecule has 0 saturated carbocycles. The molecule has 0 aliphatic carbocycles. The van der Waals surface area contributed by atoms with Gasteiger partial charge in [0, 0.05) is 21.4 Å². The Morgan fingerprint density at radius 2 is 1.60 bits per heavy atom. The molecular weight excluding hydrogens is 425 g/mol. The van der Waals surface area contributed by atoms with Gasteiger partial charge in [0.1, 0.15) is 6.61 Å². The number of dihydropyridines is 1. The Morgan fingerprint density at radius 1 is 0.967 bits per heavy atom. The third-order valence-electron chi connectivity index (χ3n) is 4.87. The van der Waals surface area contributed by atoms with Gasteiger partial charge in [0.15, 0.2) is 0 Å². The van der Waals surface area contributed by atoms with Crippen LogP contribution in [0.5, 0.6) is 0 Å². The van der Waals surface area contributed by atoms with Crippen LogP contribution in [0.3, 0.4) is 0 Å². The molecule has 1 atom stereocenters. The highest BCUT2D eigenvalue weighted by Gasteiger charge is 2.38. The number of esters is 2. The summed E-state index contributed by atoms with van der Waals surface area (Å²) in [5.74, 6) is -1.86. The maximum atomic E-state index is 13.1. The Balaban J connectivity index is 2.05. The van der Waals surface area contributed by atoms with Crippen molar-refractivity contribution in [3.63, 3.8) is 0 Å². The predicted octanol–water partition coefficient (Wildman–Crippen LogP) is 5.14. The fourth-order valence-electron chi connectivity index (χ4n) is 3.49. The molecule has 0 bridgehead atoms. The maximum Gasteiger partial charge on any atom is 0.337 e. The van der Waals surface area contributed by atoms with Gasteiger partial charge in [-0.05, 0) is 37.1 Å². The number of allylic oxidation sites excluding steroid dienone is 2. The number of hydrogen-bond donors (Lipinski definition) is 1. The van der Waals surface area contributed by atoms with E-state index in [9.17, 15) is 9.59 Å². The zero-order chi connectivity index (χ0) is 21.8. The van der Waals surface area contributed by atoms with E-state index >= 15 is 0 Å². The number of carbonyl (C=O) groups is 2. The van der Waals surface area contributed by atoms with E-state index in [1.807, 2.05) is 30.3 Å². The Morgan fingerprint density at radius 3 is 2.20 bits per heavy atom. The minimum atomic E-state index is -0.758. The zero-order valence-electron chi connectivity index (χ0n) is 16.8. The molecule has 1 N–H and O–H groups in total. The number of methoxy groups -OCH3 is 1. The molecule has 0 amide bonds. The maximum absolute atomic E-state index is 13.1. The molecule has 7 heteroatoms. The number of hydrogen-bond acceptors (Lipinski definition) is 5. The van der Waals surface area contributed by atoms with E-state index in [1.165, 1.54) is 7.11 Å². The quantitative estimate of drug-likeness (QED) is 0.644. The second-order valence-corrected chi connectivity index (χ2v) is 7.70. The van der Waals surface area contributed by atoms with Crippen molar-refractivity contribution in [3.8, 4) is 0 Å². The molecule has 1 aliphatic rings. The fraction of sp³-hybridized carbons (Fsp3) is 0.217. The van der Waals surface area contributed by atoms with Crippen molar-refractivity contribution in [2.75, 3.05) is 7.11 Å². The van der Waals surface area contributed by atoms with Crippen LogP contribution in [0.1, 0.15) is 30.9 Å². The van der Waals surface area contributed by atoms with Crippen LogP contribution in [0.25, 0.3) is 0 Å². The molecule has 0 saturated heterocycles. The normalized spacial score (nSPS) is 16.2. The van der Waals surface area contributed by atoms with E-state index in [2.05, 4.69) is 5.32 Å². The minimum absolute atomic E-state index is 0.105. The van der Waals surface area contributed by atoms with Crippen LogP contribution in [-0.2, 0) is 25.7 Å². The molecule has 0 spiro atoms. The van der Waals surface area contributed by atoms with E-state index in [0.29, 0.717) is 38.1 Å². The van der Waals surface area contributed by atoms with Gasteiger partial charge in [0.05, 0.1) is 24.2 Å². The summed E-state index contributed by atoms with van der Waals surface area (Å²) in [7, 11) is 1.29. The average molecular weight is 446 g/mol. The van der Waals surface area contributed by atoms with Crippen LogP contribution in [0, 0.1) is 0 Å². The van der Waals surface area contributed by atoms with E-state index < -0.39 is 17.9 Å². The van der Waals surface area contributed by atoms with Gasteiger partial charge in [-0.1, -0.05) is 59.6 Å². The number of halogens is 2. The summed E-state index contributed by atoms with van der Waals surface area (Å²) in [6, 6.07) is 14.3. The van der Waals surface area contributed by atoms with Gasteiger partial charge in [-0.25, -0.2) is 9.59 Å². The van der Waals surface area contributed by atoms with E-state index in [-0.39, 0.29) is 6.61 Å². The number of benzene rings is 2. The van der Waals surface area contributed by atoms with Crippen LogP contribution < -0.4 is 5.32 Å². The highest BCUT2D eigenvalue weighted by Crippen LogP contribution is 2.42. The Bertz CT molecular complexity index is 1040. The zero-order valence-corrected chi connectivity index (χ0v) is 18.3. The van der Waals surface area contributed by atoms with E-state index in [4.69, 9.17) is 32.7 Å². The second-order valence-electron chi connectivity index (χ2n) is 6.85. The topological polar surface area (TPSA) is 64.6 Å². The van der Waals surface area contributed by atoms with Gasteiger partial charge in [0.25, 0.3) is 0 Å². The molecule has 30 heavy (non-hydrogen) atoms. The number of rotatable bonds is 5. The van der Waals surface area contributed by atoms with Gasteiger partial charge in [-0.2, -0.15) is 0 Å². The molecular formula is C23H21Cl2NO4. The predicted molar refractivity (Wildman–Crippen MR) is 116 cm³/mol. The Labute approximate surface area is 185 Å². The first kappa shape index (κ1) is 21.9. The van der Waals surface area contributed by atoms with Crippen molar-refractivity contribution in [3.05, 3.63) is 92.2 Å². The molecule has 156 valence electrons. The van der Waals surface area contributed by atoms with Gasteiger partial charge in [-0.3, -0.25) is 0 Å². The highest BCUT2D eigenvalue weighted by molar-refractivity contribution is 6.35.